The maximum absolute atomic E-state index is 13.5. The van der Waals surface area contributed by atoms with Crippen molar-refractivity contribution in [3.8, 4) is 11.5 Å². The van der Waals surface area contributed by atoms with E-state index < -0.39 is 5.82 Å². The molecule has 1 N–H and O–H groups in total. The summed E-state index contributed by atoms with van der Waals surface area (Å²) in [5, 5.41) is 9.03. The lowest BCUT2D eigenvalue weighted by Crippen LogP contribution is -1.98. The number of aliphatic hydroxyl groups excluding tert-OH is 1. The fraction of sp³-hybridized carbons (Fsp3) is 0.200. The number of aliphatic hydroxyl groups is 1. The first-order valence-corrected chi connectivity index (χ1v) is 6.78. The van der Waals surface area contributed by atoms with Crippen LogP contribution in [-0.2, 0) is 13.2 Å². The van der Waals surface area contributed by atoms with Crippen molar-refractivity contribution in [2.75, 3.05) is 7.11 Å². The van der Waals surface area contributed by atoms with Gasteiger partial charge < -0.3 is 14.6 Å². The Balaban J connectivity index is 2.07. The number of rotatable bonds is 5. The molecule has 0 aliphatic carbocycles. The molecule has 0 fully saturated rings. The predicted molar refractivity (Wildman–Crippen MR) is 77.3 cm³/mol. The summed E-state index contributed by atoms with van der Waals surface area (Å²) in [5.41, 5.74) is 1.50. The second kappa shape index (κ2) is 6.72. The Labute approximate surface area is 125 Å². The van der Waals surface area contributed by atoms with Gasteiger partial charge in [-0.2, -0.15) is 0 Å². The SMILES string of the molecule is COc1ccc(COc2ccc(CO)cc2Br)cc1F. The van der Waals surface area contributed by atoms with E-state index in [4.69, 9.17) is 14.6 Å². The number of halogens is 2. The molecule has 0 saturated heterocycles. The molecule has 0 heterocycles. The zero-order chi connectivity index (χ0) is 14.5. The maximum Gasteiger partial charge on any atom is 0.165 e. The van der Waals surface area contributed by atoms with Gasteiger partial charge >= 0.3 is 0 Å². The minimum Gasteiger partial charge on any atom is -0.494 e. The van der Waals surface area contributed by atoms with E-state index in [2.05, 4.69) is 15.9 Å². The molecule has 0 bridgehead atoms. The average molecular weight is 341 g/mol. The molecule has 0 aliphatic rings. The largest absolute Gasteiger partial charge is 0.494 e. The second-order valence-corrected chi connectivity index (χ2v) is 5.03. The van der Waals surface area contributed by atoms with E-state index >= 15 is 0 Å². The lowest BCUT2D eigenvalue weighted by atomic mass is 10.2. The third kappa shape index (κ3) is 3.49. The summed E-state index contributed by atoms with van der Waals surface area (Å²) >= 11 is 3.37. The number of hydrogen-bond acceptors (Lipinski definition) is 3. The summed E-state index contributed by atoms with van der Waals surface area (Å²) in [5.74, 6) is 0.434. The minimum absolute atomic E-state index is 0.0252. The van der Waals surface area contributed by atoms with Gasteiger partial charge in [0.2, 0.25) is 0 Å². The third-order valence-electron chi connectivity index (χ3n) is 2.79. The molecule has 20 heavy (non-hydrogen) atoms. The summed E-state index contributed by atoms with van der Waals surface area (Å²) in [7, 11) is 1.43. The van der Waals surface area contributed by atoms with Crippen molar-refractivity contribution >= 4 is 15.9 Å². The van der Waals surface area contributed by atoms with Crippen molar-refractivity contribution in [2.45, 2.75) is 13.2 Å². The molecular formula is C15H14BrFO3. The summed E-state index contributed by atoms with van der Waals surface area (Å²) < 4.78 is 24.8. The van der Waals surface area contributed by atoms with E-state index in [0.29, 0.717) is 11.3 Å². The first kappa shape index (κ1) is 14.8. The van der Waals surface area contributed by atoms with Crippen LogP contribution in [0.15, 0.2) is 40.9 Å². The van der Waals surface area contributed by atoms with Crippen LogP contribution in [-0.4, -0.2) is 12.2 Å². The molecule has 2 rings (SSSR count). The molecule has 106 valence electrons. The van der Waals surface area contributed by atoms with Crippen LogP contribution in [0, 0.1) is 5.82 Å². The topological polar surface area (TPSA) is 38.7 Å². The molecular weight excluding hydrogens is 327 g/mol. The Kier molecular flexibility index (Phi) is 4.98. The van der Waals surface area contributed by atoms with Crippen LogP contribution in [0.3, 0.4) is 0 Å². The van der Waals surface area contributed by atoms with Crippen LogP contribution in [0.1, 0.15) is 11.1 Å². The summed E-state index contributed by atoms with van der Waals surface area (Å²) in [6, 6.07) is 10.0. The van der Waals surface area contributed by atoms with E-state index in [0.717, 1.165) is 10.0 Å². The molecule has 2 aromatic rings. The zero-order valence-electron chi connectivity index (χ0n) is 10.9. The molecule has 0 atom stereocenters. The molecule has 0 aliphatic heterocycles. The van der Waals surface area contributed by atoms with Gasteiger partial charge in [-0.05, 0) is 51.3 Å². The fourth-order valence-electron chi connectivity index (χ4n) is 1.72. The van der Waals surface area contributed by atoms with Gasteiger partial charge in [-0.15, -0.1) is 0 Å². The van der Waals surface area contributed by atoms with Gasteiger partial charge in [0.25, 0.3) is 0 Å². The number of hydrogen-bond donors (Lipinski definition) is 1. The summed E-state index contributed by atoms with van der Waals surface area (Å²) in [4.78, 5) is 0. The first-order valence-electron chi connectivity index (χ1n) is 5.98. The zero-order valence-corrected chi connectivity index (χ0v) is 12.5. The van der Waals surface area contributed by atoms with Crippen molar-refractivity contribution < 1.29 is 19.0 Å². The molecule has 0 amide bonds. The minimum atomic E-state index is -0.414. The van der Waals surface area contributed by atoms with Crippen molar-refractivity contribution in [2.24, 2.45) is 0 Å². The van der Waals surface area contributed by atoms with E-state index in [1.807, 2.05) is 0 Å². The van der Waals surface area contributed by atoms with E-state index in [-0.39, 0.29) is 19.0 Å². The monoisotopic (exact) mass is 340 g/mol. The highest BCUT2D eigenvalue weighted by molar-refractivity contribution is 9.10. The maximum atomic E-state index is 13.5. The molecule has 0 unspecified atom stereocenters. The Hall–Kier alpha value is -1.59. The highest BCUT2D eigenvalue weighted by Crippen LogP contribution is 2.27. The Morgan fingerprint density at radius 3 is 2.40 bits per heavy atom. The van der Waals surface area contributed by atoms with Crippen molar-refractivity contribution in [3.05, 3.63) is 57.8 Å². The summed E-state index contributed by atoms with van der Waals surface area (Å²) in [6.07, 6.45) is 0. The molecule has 2 aromatic carbocycles. The number of ether oxygens (including phenoxy) is 2. The van der Waals surface area contributed by atoms with Gasteiger partial charge in [-0.3, -0.25) is 0 Å². The smallest absolute Gasteiger partial charge is 0.165 e. The lowest BCUT2D eigenvalue weighted by Gasteiger charge is -2.10. The number of methoxy groups -OCH3 is 1. The molecule has 3 nitrogen and oxygen atoms in total. The molecule has 0 aromatic heterocycles. The third-order valence-corrected chi connectivity index (χ3v) is 3.41. The average Bonchev–Trinajstić information content (AvgIpc) is 2.46. The van der Waals surface area contributed by atoms with Crippen LogP contribution in [0.4, 0.5) is 4.39 Å². The van der Waals surface area contributed by atoms with Gasteiger partial charge in [0.15, 0.2) is 11.6 Å². The van der Waals surface area contributed by atoms with Gasteiger partial charge in [-0.1, -0.05) is 12.1 Å². The Bertz CT molecular complexity index is 602. The lowest BCUT2D eigenvalue weighted by molar-refractivity contribution is 0.280. The Morgan fingerprint density at radius 2 is 1.80 bits per heavy atom. The highest BCUT2D eigenvalue weighted by atomic mass is 79.9. The standard InChI is InChI=1S/C15H14BrFO3/c1-19-15-5-3-11(7-13(15)17)9-20-14-4-2-10(8-18)6-12(14)16/h2-7,18H,8-9H2,1H3. The quantitative estimate of drug-likeness (QED) is 0.902. The van der Waals surface area contributed by atoms with Crippen LogP contribution >= 0.6 is 15.9 Å². The highest BCUT2D eigenvalue weighted by Gasteiger charge is 2.06. The van der Waals surface area contributed by atoms with Crippen LogP contribution in [0.2, 0.25) is 0 Å². The summed E-state index contributed by atoms with van der Waals surface area (Å²) in [6.45, 7) is 0.223. The van der Waals surface area contributed by atoms with Gasteiger partial charge in [0.1, 0.15) is 12.4 Å². The van der Waals surface area contributed by atoms with Gasteiger partial charge in [0, 0.05) is 0 Å². The van der Waals surface area contributed by atoms with E-state index in [1.54, 1.807) is 30.3 Å². The number of benzene rings is 2. The van der Waals surface area contributed by atoms with E-state index in [9.17, 15) is 4.39 Å². The fourth-order valence-corrected chi connectivity index (χ4v) is 2.26. The van der Waals surface area contributed by atoms with Crippen LogP contribution in [0.5, 0.6) is 11.5 Å². The normalized spacial score (nSPS) is 10.4. The van der Waals surface area contributed by atoms with Crippen molar-refractivity contribution in [3.63, 3.8) is 0 Å². The van der Waals surface area contributed by atoms with Crippen molar-refractivity contribution in [1.29, 1.82) is 0 Å². The van der Waals surface area contributed by atoms with Crippen molar-refractivity contribution in [1.82, 2.24) is 0 Å². The van der Waals surface area contributed by atoms with E-state index in [1.165, 1.54) is 13.2 Å². The first-order chi connectivity index (χ1) is 9.63. The molecule has 0 saturated carbocycles. The van der Waals surface area contributed by atoms with Gasteiger partial charge in [-0.25, -0.2) is 4.39 Å². The predicted octanol–water partition coefficient (Wildman–Crippen LogP) is 3.67. The molecule has 0 spiro atoms. The molecule has 0 radical (unpaired) electrons. The van der Waals surface area contributed by atoms with Crippen LogP contribution in [0.25, 0.3) is 0 Å². The second-order valence-electron chi connectivity index (χ2n) is 4.18. The molecule has 5 heteroatoms. The Morgan fingerprint density at radius 1 is 1.10 bits per heavy atom. The van der Waals surface area contributed by atoms with Gasteiger partial charge in [0.05, 0.1) is 18.2 Å². The van der Waals surface area contributed by atoms with Crippen LogP contribution < -0.4 is 9.47 Å².